The number of nitrogens with zero attached hydrogens (tertiary/aromatic N) is 1. The van der Waals surface area contributed by atoms with E-state index in [0.717, 1.165) is 0 Å². The number of para-hydroxylation sites is 1. The van der Waals surface area contributed by atoms with E-state index in [2.05, 4.69) is 4.18 Å². The van der Waals surface area contributed by atoms with Gasteiger partial charge in [-0.15, -0.1) is 0 Å². The number of nitro groups is 1. The topological polar surface area (TPSA) is 92.5 Å². The van der Waals surface area contributed by atoms with Gasteiger partial charge in [-0.3, -0.25) is 10.1 Å². The molecule has 0 fully saturated rings. The molecule has 0 spiro atoms. The molecule has 0 aliphatic heterocycles. The van der Waals surface area contributed by atoms with Gasteiger partial charge in [-0.2, -0.15) is 0 Å². The molecule has 16 heavy (non-hydrogen) atoms. The van der Waals surface area contributed by atoms with E-state index in [1.807, 2.05) is 0 Å². The summed E-state index contributed by atoms with van der Waals surface area (Å²) in [7, 11) is 0. The lowest BCUT2D eigenvalue weighted by Gasteiger charge is -2.13. The number of benzene rings is 1. The monoisotopic (exact) mass is 244 g/mol. The molecule has 6 nitrogen and oxygen atoms in total. The zero-order valence-electron chi connectivity index (χ0n) is 8.49. The van der Waals surface area contributed by atoms with E-state index >= 15 is 0 Å². The Hall–Kier alpha value is -1.31. The van der Waals surface area contributed by atoms with Gasteiger partial charge in [0.15, 0.2) is 0 Å². The van der Waals surface area contributed by atoms with Crippen LogP contribution in [0.3, 0.4) is 0 Å². The van der Waals surface area contributed by atoms with Gasteiger partial charge >= 0.3 is 0 Å². The van der Waals surface area contributed by atoms with Crippen LogP contribution in [0.2, 0.25) is 0 Å². The Bertz CT molecular complexity index is 409. The fourth-order valence-electron chi connectivity index (χ4n) is 1.32. The average molecular weight is 244 g/mol. The molecule has 0 bridgehead atoms. The van der Waals surface area contributed by atoms with Crippen molar-refractivity contribution in [2.75, 3.05) is 6.61 Å². The molecular formula is C9H10NO5S-. The first-order chi connectivity index (χ1) is 7.52. The third-order valence-electron chi connectivity index (χ3n) is 2.08. The number of hydrogen-bond donors (Lipinski definition) is 0. The van der Waals surface area contributed by atoms with Crippen LogP contribution in [-0.2, 0) is 15.5 Å². The van der Waals surface area contributed by atoms with Crippen molar-refractivity contribution in [2.24, 2.45) is 0 Å². The Morgan fingerprint density at radius 1 is 1.50 bits per heavy atom. The van der Waals surface area contributed by atoms with E-state index in [0.29, 0.717) is 5.56 Å². The second-order valence-electron chi connectivity index (χ2n) is 3.21. The van der Waals surface area contributed by atoms with Gasteiger partial charge < -0.3 is 8.74 Å². The Morgan fingerprint density at radius 2 is 2.12 bits per heavy atom. The molecule has 0 heterocycles. The predicted octanol–water partition coefficient (Wildman–Crippen LogP) is 1.51. The zero-order valence-corrected chi connectivity index (χ0v) is 9.31. The third kappa shape index (κ3) is 3.37. The van der Waals surface area contributed by atoms with Crippen molar-refractivity contribution >= 4 is 17.0 Å². The predicted molar refractivity (Wildman–Crippen MR) is 56.4 cm³/mol. The van der Waals surface area contributed by atoms with Gasteiger partial charge in [-0.25, -0.2) is 4.21 Å². The van der Waals surface area contributed by atoms with Crippen molar-refractivity contribution in [1.82, 2.24) is 0 Å². The van der Waals surface area contributed by atoms with Gasteiger partial charge in [0.05, 0.1) is 22.9 Å². The Labute approximate surface area is 94.9 Å². The highest BCUT2D eigenvalue weighted by Crippen LogP contribution is 2.26. The van der Waals surface area contributed by atoms with Gasteiger partial charge in [0.2, 0.25) is 0 Å². The third-order valence-corrected chi connectivity index (χ3v) is 2.41. The molecule has 1 aromatic rings. The Balaban J connectivity index is 2.85. The summed E-state index contributed by atoms with van der Waals surface area (Å²) < 4.78 is 24.8. The lowest BCUT2D eigenvalue weighted by Crippen LogP contribution is -2.08. The summed E-state index contributed by atoms with van der Waals surface area (Å²) in [5.41, 5.74) is 0.424. The summed E-state index contributed by atoms with van der Waals surface area (Å²) in [4.78, 5) is 10.2. The molecule has 1 aromatic carbocycles. The molecule has 0 saturated carbocycles. The van der Waals surface area contributed by atoms with Gasteiger partial charge in [0, 0.05) is 17.5 Å². The van der Waals surface area contributed by atoms with E-state index in [1.165, 1.54) is 6.07 Å². The van der Waals surface area contributed by atoms with Crippen LogP contribution in [0.5, 0.6) is 0 Å². The van der Waals surface area contributed by atoms with E-state index in [4.69, 9.17) is 0 Å². The van der Waals surface area contributed by atoms with Crippen LogP contribution in [0.25, 0.3) is 0 Å². The minimum Gasteiger partial charge on any atom is -0.750 e. The molecule has 0 amide bonds. The first-order valence-electron chi connectivity index (χ1n) is 4.48. The first kappa shape index (κ1) is 12.8. The molecule has 7 heteroatoms. The minimum atomic E-state index is -2.60. The molecule has 0 aliphatic rings. The number of nitro benzene ring substituents is 1. The molecule has 2 atom stereocenters. The molecule has 88 valence electrons. The number of hydrogen-bond acceptors (Lipinski definition) is 5. The summed E-state index contributed by atoms with van der Waals surface area (Å²) in [6.45, 7) is 1.55. The van der Waals surface area contributed by atoms with Crippen LogP contribution < -0.4 is 0 Å². The van der Waals surface area contributed by atoms with Crippen molar-refractivity contribution in [1.29, 1.82) is 0 Å². The lowest BCUT2D eigenvalue weighted by molar-refractivity contribution is -0.385. The van der Waals surface area contributed by atoms with Crippen LogP contribution >= 0.6 is 0 Å². The molecule has 0 radical (unpaired) electrons. The molecule has 0 saturated heterocycles. The average Bonchev–Trinajstić information content (AvgIpc) is 2.25. The van der Waals surface area contributed by atoms with E-state index in [1.54, 1.807) is 25.1 Å². The normalized spacial score (nSPS) is 14.4. The highest BCUT2D eigenvalue weighted by Gasteiger charge is 2.18. The lowest BCUT2D eigenvalue weighted by atomic mass is 10.0. The Morgan fingerprint density at radius 3 is 2.69 bits per heavy atom. The fourth-order valence-corrected chi connectivity index (χ4v) is 1.63. The maximum atomic E-state index is 10.7. The highest BCUT2D eigenvalue weighted by molar-refractivity contribution is 7.74. The summed E-state index contributed by atoms with van der Waals surface area (Å²) >= 11 is -2.60. The largest absolute Gasteiger partial charge is 0.750 e. The van der Waals surface area contributed by atoms with Crippen molar-refractivity contribution < 1.29 is 17.9 Å². The van der Waals surface area contributed by atoms with Crippen molar-refractivity contribution in [2.45, 2.75) is 12.8 Å². The maximum Gasteiger partial charge on any atom is 0.272 e. The quantitative estimate of drug-likeness (QED) is 0.444. The number of rotatable bonds is 5. The molecule has 2 unspecified atom stereocenters. The van der Waals surface area contributed by atoms with Crippen molar-refractivity contribution in [3.05, 3.63) is 39.9 Å². The minimum absolute atomic E-state index is 0.0321. The van der Waals surface area contributed by atoms with Crippen LogP contribution in [0.4, 0.5) is 5.69 Å². The van der Waals surface area contributed by atoms with Gasteiger partial charge in [0.1, 0.15) is 0 Å². The van der Waals surface area contributed by atoms with Crippen LogP contribution in [0.1, 0.15) is 18.4 Å². The van der Waals surface area contributed by atoms with E-state index < -0.39 is 16.3 Å². The van der Waals surface area contributed by atoms with Gasteiger partial charge in [0.25, 0.3) is 5.69 Å². The second kappa shape index (κ2) is 5.69. The van der Waals surface area contributed by atoms with Crippen LogP contribution in [0, 0.1) is 10.1 Å². The summed E-state index contributed by atoms with van der Waals surface area (Å²) in [6.07, 6.45) is 0. The van der Waals surface area contributed by atoms with Gasteiger partial charge in [-0.1, -0.05) is 25.1 Å². The maximum absolute atomic E-state index is 10.7. The molecule has 1 rings (SSSR count). The molecule has 0 N–H and O–H groups in total. The smallest absolute Gasteiger partial charge is 0.272 e. The van der Waals surface area contributed by atoms with E-state index in [-0.39, 0.29) is 18.2 Å². The Kier molecular flexibility index (Phi) is 4.53. The molecule has 0 aliphatic carbocycles. The van der Waals surface area contributed by atoms with Crippen LogP contribution in [-0.4, -0.2) is 20.3 Å². The SMILES string of the molecule is CC(COS(=O)[O-])c1ccccc1[N+](=O)[O-]. The zero-order chi connectivity index (χ0) is 12.1. The fraction of sp³-hybridized carbons (Fsp3) is 0.333. The second-order valence-corrected chi connectivity index (χ2v) is 3.85. The molecular weight excluding hydrogens is 234 g/mol. The van der Waals surface area contributed by atoms with Crippen molar-refractivity contribution in [3.8, 4) is 0 Å². The van der Waals surface area contributed by atoms with Gasteiger partial charge in [-0.05, 0) is 0 Å². The highest BCUT2D eigenvalue weighted by atomic mass is 32.2. The first-order valence-corrected chi connectivity index (χ1v) is 5.48. The summed E-state index contributed by atoms with van der Waals surface area (Å²) in [5.74, 6) is -0.362. The molecule has 0 aromatic heterocycles. The summed E-state index contributed by atoms with van der Waals surface area (Å²) in [6, 6.07) is 6.17. The summed E-state index contributed by atoms with van der Waals surface area (Å²) in [5, 5.41) is 10.7. The van der Waals surface area contributed by atoms with E-state index in [9.17, 15) is 18.9 Å². The van der Waals surface area contributed by atoms with Crippen molar-refractivity contribution in [3.63, 3.8) is 0 Å². The van der Waals surface area contributed by atoms with Crippen LogP contribution in [0.15, 0.2) is 24.3 Å². The standard InChI is InChI=1S/C9H11NO5S/c1-7(6-15-16(13)14)8-4-2-3-5-9(8)10(11)12/h2-5,7H,6H2,1H3,(H,13,14)/p-1.